The van der Waals surface area contributed by atoms with Crippen molar-refractivity contribution < 1.29 is 31.6 Å². The second kappa shape index (κ2) is 12.0. The Bertz CT molecular complexity index is 490. The standard InChI is InChI=1S/C19H30N2O3.ClH/c1-3-4-7-14-23-18-10-8-17(9-11-18)20-19(22)24-16(2)15-21-12-5-6-13-21;/h8-11,16H,3-7,12-15H2,1-2H3,(H,20,22);1H. The molecule has 0 aliphatic carbocycles. The van der Waals surface area contributed by atoms with E-state index in [0.29, 0.717) is 0 Å². The third-order valence-electron chi connectivity index (χ3n) is 4.31. The number of benzene rings is 1. The maximum atomic E-state index is 12.0. The van der Waals surface area contributed by atoms with E-state index in [1.165, 1.54) is 43.7 Å². The average molecular weight is 371 g/mol. The summed E-state index contributed by atoms with van der Waals surface area (Å²) in [4.78, 5) is 13.5. The number of amides is 1. The van der Waals surface area contributed by atoms with Crippen molar-refractivity contribution in [2.75, 3.05) is 31.6 Å². The second-order valence-electron chi connectivity index (χ2n) is 6.58. The van der Waals surface area contributed by atoms with Crippen LogP contribution < -0.4 is 27.4 Å². The molecule has 2 rings (SSSR count). The van der Waals surface area contributed by atoms with Gasteiger partial charge in [-0.05, 0) is 37.6 Å². The van der Waals surface area contributed by atoms with E-state index < -0.39 is 6.09 Å². The first-order chi connectivity index (χ1) is 11.7. The molecule has 142 valence electrons. The highest BCUT2D eigenvalue weighted by molar-refractivity contribution is 5.84. The molecule has 1 aromatic rings. The minimum atomic E-state index is -0.391. The van der Waals surface area contributed by atoms with Gasteiger partial charge in [-0.2, -0.15) is 0 Å². The molecule has 1 unspecified atom stereocenters. The van der Waals surface area contributed by atoms with Crippen molar-refractivity contribution in [3.63, 3.8) is 0 Å². The molecule has 1 saturated heterocycles. The normalized spacial score (nSPS) is 15.3. The van der Waals surface area contributed by atoms with E-state index in [1.54, 1.807) is 0 Å². The number of nitrogens with one attached hydrogen (secondary N) is 2. The van der Waals surface area contributed by atoms with Gasteiger partial charge in [-0.15, -0.1) is 0 Å². The van der Waals surface area contributed by atoms with E-state index in [2.05, 4.69) is 12.2 Å². The lowest BCUT2D eigenvalue weighted by atomic mass is 10.2. The summed E-state index contributed by atoms with van der Waals surface area (Å²) >= 11 is 0. The second-order valence-corrected chi connectivity index (χ2v) is 6.58. The summed E-state index contributed by atoms with van der Waals surface area (Å²) in [5.41, 5.74) is 0.724. The van der Waals surface area contributed by atoms with Gasteiger partial charge >= 0.3 is 6.09 Å². The van der Waals surface area contributed by atoms with Crippen LogP contribution in [0, 0.1) is 0 Å². The fraction of sp³-hybridized carbons (Fsp3) is 0.632. The fourth-order valence-electron chi connectivity index (χ4n) is 3.03. The Balaban J connectivity index is 0.00000312. The number of hydrogen-bond acceptors (Lipinski definition) is 3. The van der Waals surface area contributed by atoms with Gasteiger partial charge in [-0.1, -0.05) is 19.8 Å². The Morgan fingerprint density at radius 2 is 1.88 bits per heavy atom. The molecule has 2 N–H and O–H groups in total. The Morgan fingerprint density at radius 1 is 1.20 bits per heavy atom. The van der Waals surface area contributed by atoms with Crippen molar-refractivity contribution in [3.8, 4) is 5.75 Å². The first-order valence-corrected chi connectivity index (χ1v) is 9.21. The monoisotopic (exact) mass is 370 g/mol. The number of rotatable bonds is 9. The lowest BCUT2D eigenvalue weighted by Gasteiger charge is -2.18. The molecule has 1 amide bonds. The molecule has 1 aliphatic heterocycles. The summed E-state index contributed by atoms with van der Waals surface area (Å²) in [7, 11) is 0. The Morgan fingerprint density at radius 3 is 2.52 bits per heavy atom. The number of likely N-dealkylation sites (tertiary alicyclic amines) is 1. The van der Waals surface area contributed by atoms with E-state index in [-0.39, 0.29) is 18.5 Å². The minimum absolute atomic E-state index is 0. The quantitative estimate of drug-likeness (QED) is 0.596. The van der Waals surface area contributed by atoms with Crippen molar-refractivity contribution in [1.82, 2.24) is 0 Å². The Hall–Kier alpha value is -1.46. The van der Waals surface area contributed by atoms with Gasteiger partial charge in [-0.25, -0.2) is 4.79 Å². The van der Waals surface area contributed by atoms with Crippen molar-refractivity contribution >= 4 is 11.8 Å². The number of anilines is 1. The van der Waals surface area contributed by atoms with Crippen LogP contribution in [0.2, 0.25) is 0 Å². The number of quaternary nitrogens is 1. The van der Waals surface area contributed by atoms with E-state index in [4.69, 9.17) is 9.47 Å². The lowest BCUT2D eigenvalue weighted by Crippen LogP contribution is -3.11. The van der Waals surface area contributed by atoms with E-state index in [1.807, 2.05) is 31.2 Å². The van der Waals surface area contributed by atoms with Crippen LogP contribution >= 0.6 is 0 Å². The zero-order valence-corrected chi connectivity index (χ0v) is 16.1. The van der Waals surface area contributed by atoms with Gasteiger partial charge in [0.05, 0.1) is 19.7 Å². The van der Waals surface area contributed by atoms with Gasteiger partial charge in [0, 0.05) is 18.5 Å². The maximum absolute atomic E-state index is 12.0. The summed E-state index contributed by atoms with van der Waals surface area (Å²) in [6.45, 7) is 8.13. The van der Waals surface area contributed by atoms with Gasteiger partial charge in [0.1, 0.15) is 18.4 Å². The summed E-state index contributed by atoms with van der Waals surface area (Å²) in [5, 5.41) is 2.78. The molecule has 0 bridgehead atoms. The molecule has 0 aromatic heterocycles. The average Bonchev–Trinajstić information content (AvgIpc) is 3.05. The molecule has 25 heavy (non-hydrogen) atoms. The molecule has 0 radical (unpaired) electrons. The Labute approximate surface area is 157 Å². The minimum Gasteiger partial charge on any atom is -1.00 e. The van der Waals surface area contributed by atoms with Crippen LogP contribution in [0.15, 0.2) is 24.3 Å². The number of carbonyl (C=O) groups is 1. The highest BCUT2D eigenvalue weighted by Gasteiger charge is 2.20. The molecule has 1 fully saturated rings. The largest absolute Gasteiger partial charge is 1.00 e. The van der Waals surface area contributed by atoms with Gasteiger partial charge in [0.25, 0.3) is 0 Å². The van der Waals surface area contributed by atoms with Crippen LogP contribution in [-0.2, 0) is 4.74 Å². The molecule has 0 saturated carbocycles. The number of carbonyl (C=O) groups excluding carboxylic acids is 1. The fourth-order valence-corrected chi connectivity index (χ4v) is 3.03. The SMILES string of the molecule is CCCCCOc1ccc(NC(=O)OC(C)C[NH+]2CCCC2)cc1.[Cl-]. The molecular formula is C19H31ClN2O3. The number of hydrogen-bond donors (Lipinski definition) is 2. The van der Waals surface area contributed by atoms with Crippen molar-refractivity contribution in [1.29, 1.82) is 0 Å². The molecule has 0 spiro atoms. The summed E-state index contributed by atoms with van der Waals surface area (Å²) < 4.78 is 11.1. The van der Waals surface area contributed by atoms with E-state index in [9.17, 15) is 4.79 Å². The molecule has 5 nitrogen and oxygen atoms in total. The third kappa shape index (κ3) is 8.45. The predicted molar refractivity (Wildman–Crippen MR) is 95.8 cm³/mol. The smallest absolute Gasteiger partial charge is 0.412 e. The van der Waals surface area contributed by atoms with E-state index in [0.717, 1.165) is 31.0 Å². The maximum Gasteiger partial charge on any atom is 0.412 e. The van der Waals surface area contributed by atoms with Crippen LogP contribution in [0.1, 0.15) is 46.0 Å². The van der Waals surface area contributed by atoms with Crippen LogP contribution in [-0.4, -0.2) is 38.4 Å². The van der Waals surface area contributed by atoms with Crippen molar-refractivity contribution in [2.45, 2.75) is 52.1 Å². The van der Waals surface area contributed by atoms with Gasteiger partial charge < -0.3 is 26.8 Å². The Kier molecular flexibility index (Phi) is 10.3. The first kappa shape index (κ1) is 21.6. The topological polar surface area (TPSA) is 52.0 Å². The van der Waals surface area contributed by atoms with Crippen molar-refractivity contribution in [3.05, 3.63) is 24.3 Å². The van der Waals surface area contributed by atoms with Gasteiger partial charge in [-0.3, -0.25) is 5.32 Å². The summed E-state index contributed by atoms with van der Waals surface area (Å²) in [6, 6.07) is 7.43. The molecule has 1 atom stereocenters. The van der Waals surface area contributed by atoms with Gasteiger partial charge in [0.15, 0.2) is 0 Å². The lowest BCUT2D eigenvalue weighted by molar-refractivity contribution is -0.890. The zero-order chi connectivity index (χ0) is 17.2. The third-order valence-corrected chi connectivity index (χ3v) is 4.31. The van der Waals surface area contributed by atoms with E-state index >= 15 is 0 Å². The summed E-state index contributed by atoms with van der Waals surface area (Å²) in [6.07, 6.45) is 5.54. The highest BCUT2D eigenvalue weighted by atomic mass is 35.5. The molecule has 1 aromatic carbocycles. The summed E-state index contributed by atoms with van der Waals surface area (Å²) in [5.74, 6) is 0.830. The number of halogens is 1. The zero-order valence-electron chi connectivity index (χ0n) is 15.4. The molecule has 6 heteroatoms. The van der Waals surface area contributed by atoms with Crippen LogP contribution in [0.25, 0.3) is 0 Å². The van der Waals surface area contributed by atoms with Crippen molar-refractivity contribution in [2.24, 2.45) is 0 Å². The molecule has 1 heterocycles. The number of unbranched alkanes of at least 4 members (excludes halogenated alkanes) is 2. The van der Waals surface area contributed by atoms with Crippen LogP contribution in [0.5, 0.6) is 5.75 Å². The first-order valence-electron chi connectivity index (χ1n) is 9.21. The predicted octanol–water partition coefficient (Wildman–Crippen LogP) is -0.125. The van der Waals surface area contributed by atoms with Gasteiger partial charge in [0.2, 0.25) is 0 Å². The van der Waals surface area contributed by atoms with Crippen LogP contribution in [0.4, 0.5) is 10.5 Å². The van der Waals surface area contributed by atoms with Crippen LogP contribution in [0.3, 0.4) is 0 Å². The number of ether oxygens (including phenoxy) is 2. The molecule has 1 aliphatic rings. The molecular weight excluding hydrogens is 340 g/mol. The highest BCUT2D eigenvalue weighted by Crippen LogP contribution is 2.16.